The summed E-state index contributed by atoms with van der Waals surface area (Å²) < 4.78 is 6.67. The summed E-state index contributed by atoms with van der Waals surface area (Å²) >= 11 is 1.85. The standard InChI is InChI=1S/C15H15NOS/c1-11(16-10-13-6-4-8-17-13)15-9-12-5-2-3-7-14(12)18-15/h2-9,11,16H,10H2,1H3. The van der Waals surface area contributed by atoms with Crippen molar-refractivity contribution >= 4 is 21.4 Å². The molecule has 0 fully saturated rings. The summed E-state index contributed by atoms with van der Waals surface area (Å²) in [5.74, 6) is 0.975. The molecular formula is C15H15NOS. The number of hydrogen-bond acceptors (Lipinski definition) is 3. The molecule has 2 nitrogen and oxygen atoms in total. The molecule has 3 rings (SSSR count). The molecule has 0 aliphatic rings. The van der Waals surface area contributed by atoms with Crippen molar-refractivity contribution in [1.29, 1.82) is 0 Å². The largest absolute Gasteiger partial charge is 0.468 e. The number of thiophene rings is 1. The molecule has 0 bridgehead atoms. The van der Waals surface area contributed by atoms with E-state index >= 15 is 0 Å². The van der Waals surface area contributed by atoms with Crippen molar-refractivity contribution in [3.05, 3.63) is 59.4 Å². The number of benzene rings is 1. The second-order valence-corrected chi connectivity index (χ2v) is 5.48. The third kappa shape index (κ3) is 2.33. The van der Waals surface area contributed by atoms with Gasteiger partial charge in [0.1, 0.15) is 5.76 Å². The summed E-state index contributed by atoms with van der Waals surface area (Å²) in [4.78, 5) is 1.36. The molecule has 0 aliphatic heterocycles. The molecule has 1 atom stereocenters. The Bertz CT molecular complexity index is 594. The van der Waals surface area contributed by atoms with Gasteiger partial charge in [-0.3, -0.25) is 0 Å². The lowest BCUT2D eigenvalue weighted by atomic mass is 10.2. The third-order valence-electron chi connectivity index (χ3n) is 3.03. The van der Waals surface area contributed by atoms with Crippen molar-refractivity contribution in [3.8, 4) is 0 Å². The zero-order chi connectivity index (χ0) is 12.4. The topological polar surface area (TPSA) is 25.2 Å². The number of nitrogens with one attached hydrogen (secondary N) is 1. The first-order valence-corrected chi connectivity index (χ1v) is 6.89. The van der Waals surface area contributed by atoms with Gasteiger partial charge < -0.3 is 9.73 Å². The van der Waals surface area contributed by atoms with Gasteiger partial charge in [0.05, 0.1) is 12.8 Å². The Morgan fingerprint density at radius 3 is 2.89 bits per heavy atom. The van der Waals surface area contributed by atoms with Crippen molar-refractivity contribution in [2.45, 2.75) is 19.5 Å². The summed E-state index contributed by atoms with van der Waals surface area (Å²) in [6, 6.07) is 15.0. The highest BCUT2D eigenvalue weighted by Gasteiger charge is 2.09. The molecule has 3 aromatic rings. The van der Waals surface area contributed by atoms with Crippen LogP contribution in [0.25, 0.3) is 10.1 Å². The molecule has 0 radical (unpaired) electrons. The Balaban J connectivity index is 1.73. The second-order valence-electron chi connectivity index (χ2n) is 4.37. The quantitative estimate of drug-likeness (QED) is 0.752. The smallest absolute Gasteiger partial charge is 0.117 e. The minimum Gasteiger partial charge on any atom is -0.468 e. The van der Waals surface area contributed by atoms with Crippen LogP contribution < -0.4 is 5.32 Å². The Labute approximate surface area is 110 Å². The SMILES string of the molecule is CC(NCc1ccco1)c1cc2ccccc2s1. The monoisotopic (exact) mass is 257 g/mol. The first kappa shape index (κ1) is 11.5. The van der Waals surface area contributed by atoms with Gasteiger partial charge in [-0.15, -0.1) is 11.3 Å². The molecule has 1 unspecified atom stereocenters. The summed E-state index contributed by atoms with van der Waals surface area (Å²) in [7, 11) is 0. The Kier molecular flexibility index (Phi) is 3.17. The van der Waals surface area contributed by atoms with Crippen molar-refractivity contribution in [3.63, 3.8) is 0 Å². The minimum absolute atomic E-state index is 0.340. The van der Waals surface area contributed by atoms with Crippen LogP contribution in [0.4, 0.5) is 0 Å². The minimum atomic E-state index is 0.340. The lowest BCUT2D eigenvalue weighted by molar-refractivity contribution is 0.462. The van der Waals surface area contributed by atoms with E-state index in [0.29, 0.717) is 6.04 Å². The van der Waals surface area contributed by atoms with Gasteiger partial charge in [-0.05, 0) is 36.6 Å². The molecule has 0 aliphatic carbocycles. The normalized spacial score (nSPS) is 12.9. The molecule has 2 heterocycles. The summed E-state index contributed by atoms with van der Waals surface area (Å²) in [5, 5.41) is 4.80. The van der Waals surface area contributed by atoms with E-state index in [9.17, 15) is 0 Å². The molecule has 1 aromatic carbocycles. The summed E-state index contributed by atoms with van der Waals surface area (Å²) in [6.45, 7) is 2.95. The molecule has 0 saturated heterocycles. The molecule has 0 saturated carbocycles. The molecule has 18 heavy (non-hydrogen) atoms. The van der Waals surface area contributed by atoms with E-state index in [4.69, 9.17) is 4.42 Å². The highest BCUT2D eigenvalue weighted by molar-refractivity contribution is 7.19. The van der Waals surface area contributed by atoms with Crippen molar-refractivity contribution in [2.24, 2.45) is 0 Å². The second kappa shape index (κ2) is 4.96. The summed E-state index contributed by atoms with van der Waals surface area (Å²) in [6.07, 6.45) is 1.71. The average molecular weight is 257 g/mol. The van der Waals surface area contributed by atoms with Crippen LogP contribution in [0.15, 0.2) is 53.1 Å². The highest BCUT2D eigenvalue weighted by atomic mass is 32.1. The number of rotatable bonds is 4. The Morgan fingerprint density at radius 1 is 1.22 bits per heavy atom. The van der Waals surface area contributed by atoms with E-state index in [1.165, 1.54) is 15.0 Å². The van der Waals surface area contributed by atoms with E-state index in [-0.39, 0.29) is 0 Å². The van der Waals surface area contributed by atoms with E-state index in [2.05, 4.69) is 42.6 Å². The van der Waals surface area contributed by atoms with Crippen LogP contribution in [-0.4, -0.2) is 0 Å². The number of fused-ring (bicyclic) bond motifs is 1. The molecule has 0 amide bonds. The van der Waals surface area contributed by atoms with E-state index in [1.807, 2.05) is 23.5 Å². The fourth-order valence-electron chi connectivity index (χ4n) is 1.98. The molecular weight excluding hydrogens is 242 g/mol. The van der Waals surface area contributed by atoms with Crippen LogP contribution in [0, 0.1) is 0 Å². The van der Waals surface area contributed by atoms with Crippen molar-refractivity contribution in [1.82, 2.24) is 5.32 Å². The lowest BCUT2D eigenvalue weighted by Gasteiger charge is -2.10. The predicted molar refractivity (Wildman–Crippen MR) is 75.8 cm³/mol. The van der Waals surface area contributed by atoms with Gasteiger partial charge in [-0.25, -0.2) is 0 Å². The fraction of sp³-hybridized carbons (Fsp3) is 0.200. The molecule has 0 spiro atoms. The maximum Gasteiger partial charge on any atom is 0.117 e. The molecule has 2 aromatic heterocycles. The van der Waals surface area contributed by atoms with Crippen LogP contribution in [0.1, 0.15) is 23.6 Å². The van der Waals surface area contributed by atoms with Crippen molar-refractivity contribution in [2.75, 3.05) is 0 Å². The van der Waals surface area contributed by atoms with Crippen LogP contribution in [0.5, 0.6) is 0 Å². The van der Waals surface area contributed by atoms with Gasteiger partial charge in [0, 0.05) is 15.6 Å². The van der Waals surface area contributed by atoms with Crippen LogP contribution in [0.2, 0.25) is 0 Å². The molecule has 3 heteroatoms. The number of hydrogen-bond donors (Lipinski definition) is 1. The van der Waals surface area contributed by atoms with Crippen molar-refractivity contribution < 1.29 is 4.42 Å². The maximum atomic E-state index is 5.32. The van der Waals surface area contributed by atoms with Gasteiger partial charge in [0.2, 0.25) is 0 Å². The van der Waals surface area contributed by atoms with E-state index in [1.54, 1.807) is 6.26 Å². The average Bonchev–Trinajstić information content (AvgIpc) is 3.04. The van der Waals surface area contributed by atoms with Crippen LogP contribution in [0.3, 0.4) is 0 Å². The van der Waals surface area contributed by atoms with Gasteiger partial charge in [-0.1, -0.05) is 18.2 Å². The van der Waals surface area contributed by atoms with Gasteiger partial charge in [0.25, 0.3) is 0 Å². The van der Waals surface area contributed by atoms with Gasteiger partial charge in [0.15, 0.2) is 0 Å². The number of furan rings is 1. The Morgan fingerprint density at radius 2 is 2.11 bits per heavy atom. The first-order chi connectivity index (χ1) is 8.83. The van der Waals surface area contributed by atoms with E-state index < -0.39 is 0 Å². The highest BCUT2D eigenvalue weighted by Crippen LogP contribution is 2.29. The van der Waals surface area contributed by atoms with Gasteiger partial charge >= 0.3 is 0 Å². The third-order valence-corrected chi connectivity index (χ3v) is 4.33. The molecule has 1 N–H and O–H groups in total. The lowest BCUT2D eigenvalue weighted by Crippen LogP contribution is -2.16. The van der Waals surface area contributed by atoms with Crippen LogP contribution in [-0.2, 0) is 6.54 Å². The van der Waals surface area contributed by atoms with Crippen LogP contribution >= 0.6 is 11.3 Å². The predicted octanol–water partition coefficient (Wildman–Crippen LogP) is 4.35. The fourth-order valence-corrected chi connectivity index (χ4v) is 3.07. The Hall–Kier alpha value is -1.58. The first-order valence-electron chi connectivity index (χ1n) is 6.07. The summed E-state index contributed by atoms with van der Waals surface area (Å²) in [5.41, 5.74) is 0. The molecule has 92 valence electrons. The maximum absolute atomic E-state index is 5.32. The zero-order valence-electron chi connectivity index (χ0n) is 10.2. The van der Waals surface area contributed by atoms with Gasteiger partial charge in [-0.2, -0.15) is 0 Å². The van der Waals surface area contributed by atoms with E-state index in [0.717, 1.165) is 12.3 Å². The zero-order valence-corrected chi connectivity index (χ0v) is 11.0.